The molecule has 0 aromatic heterocycles. The lowest BCUT2D eigenvalue weighted by Gasteiger charge is -2.12. The Kier molecular flexibility index (Phi) is 6.58. The number of hydrogen-bond donors (Lipinski definition) is 2. The van der Waals surface area contributed by atoms with Gasteiger partial charge in [-0.05, 0) is 31.1 Å². The van der Waals surface area contributed by atoms with Crippen LogP contribution in [0.2, 0.25) is 0 Å². The third kappa shape index (κ3) is 4.96. The quantitative estimate of drug-likeness (QED) is 0.607. The van der Waals surface area contributed by atoms with Crippen molar-refractivity contribution in [3.05, 3.63) is 65.7 Å². The molecule has 0 aliphatic rings. The SMILES string of the molecule is COc1ccccc1C=C(C(=O)NCCC(C)O)c1ccccc1. The summed E-state index contributed by atoms with van der Waals surface area (Å²) in [7, 11) is 1.61. The molecular formula is C20H23NO3. The molecule has 0 spiro atoms. The van der Waals surface area contributed by atoms with Gasteiger partial charge in [0.15, 0.2) is 0 Å². The number of carbonyl (C=O) groups is 1. The van der Waals surface area contributed by atoms with Crippen LogP contribution in [0.15, 0.2) is 54.6 Å². The first-order valence-electron chi connectivity index (χ1n) is 7.98. The molecule has 0 aliphatic carbocycles. The van der Waals surface area contributed by atoms with Gasteiger partial charge in [0.25, 0.3) is 5.91 Å². The van der Waals surface area contributed by atoms with Gasteiger partial charge in [-0.2, -0.15) is 0 Å². The van der Waals surface area contributed by atoms with Crippen LogP contribution in [0.3, 0.4) is 0 Å². The Balaban J connectivity index is 2.33. The summed E-state index contributed by atoms with van der Waals surface area (Å²) in [5.41, 5.74) is 2.23. The molecular weight excluding hydrogens is 302 g/mol. The minimum atomic E-state index is -0.441. The second-order valence-corrected chi connectivity index (χ2v) is 5.56. The number of aliphatic hydroxyl groups excluding tert-OH is 1. The van der Waals surface area contributed by atoms with Crippen molar-refractivity contribution in [2.45, 2.75) is 19.4 Å². The van der Waals surface area contributed by atoms with Gasteiger partial charge in [-0.25, -0.2) is 0 Å². The van der Waals surface area contributed by atoms with Gasteiger partial charge in [-0.15, -0.1) is 0 Å². The van der Waals surface area contributed by atoms with Crippen molar-refractivity contribution in [3.63, 3.8) is 0 Å². The second kappa shape index (κ2) is 8.89. The number of ether oxygens (including phenoxy) is 1. The number of methoxy groups -OCH3 is 1. The van der Waals surface area contributed by atoms with E-state index in [9.17, 15) is 9.90 Å². The first kappa shape index (κ1) is 17.8. The summed E-state index contributed by atoms with van der Waals surface area (Å²) in [5.74, 6) is 0.537. The van der Waals surface area contributed by atoms with Gasteiger partial charge in [0.05, 0.1) is 13.2 Å². The van der Waals surface area contributed by atoms with E-state index in [0.717, 1.165) is 11.1 Å². The summed E-state index contributed by atoms with van der Waals surface area (Å²) in [5, 5.41) is 12.2. The summed E-state index contributed by atoms with van der Waals surface area (Å²) in [6, 6.07) is 17.1. The van der Waals surface area contributed by atoms with Gasteiger partial charge in [0.1, 0.15) is 5.75 Å². The Morgan fingerprint density at radius 1 is 1.17 bits per heavy atom. The number of hydrogen-bond acceptors (Lipinski definition) is 3. The fraction of sp³-hybridized carbons (Fsp3) is 0.250. The highest BCUT2D eigenvalue weighted by Gasteiger charge is 2.13. The smallest absolute Gasteiger partial charge is 0.251 e. The molecule has 1 unspecified atom stereocenters. The minimum absolute atomic E-state index is 0.173. The third-order valence-corrected chi connectivity index (χ3v) is 3.62. The van der Waals surface area contributed by atoms with Crippen molar-refractivity contribution in [2.75, 3.05) is 13.7 Å². The predicted molar refractivity (Wildman–Crippen MR) is 96.6 cm³/mol. The zero-order valence-electron chi connectivity index (χ0n) is 14.0. The van der Waals surface area contributed by atoms with Crippen molar-refractivity contribution >= 4 is 17.6 Å². The number of nitrogens with one attached hydrogen (secondary N) is 1. The Morgan fingerprint density at radius 3 is 2.50 bits per heavy atom. The van der Waals surface area contributed by atoms with E-state index >= 15 is 0 Å². The molecule has 0 radical (unpaired) electrons. The molecule has 126 valence electrons. The lowest BCUT2D eigenvalue weighted by atomic mass is 10.0. The molecule has 1 amide bonds. The van der Waals surface area contributed by atoms with Gasteiger partial charge in [-0.1, -0.05) is 48.5 Å². The van der Waals surface area contributed by atoms with E-state index in [4.69, 9.17) is 4.74 Å². The van der Waals surface area contributed by atoms with E-state index in [0.29, 0.717) is 24.3 Å². The average molecular weight is 325 g/mol. The van der Waals surface area contributed by atoms with Gasteiger partial charge in [0.2, 0.25) is 0 Å². The zero-order chi connectivity index (χ0) is 17.4. The number of rotatable bonds is 7. The van der Waals surface area contributed by atoms with E-state index in [-0.39, 0.29) is 5.91 Å². The van der Waals surface area contributed by atoms with Crippen LogP contribution in [0, 0.1) is 0 Å². The number of amides is 1. The molecule has 0 aliphatic heterocycles. The monoisotopic (exact) mass is 325 g/mol. The maximum atomic E-state index is 12.6. The highest BCUT2D eigenvalue weighted by molar-refractivity contribution is 6.24. The standard InChI is InChI=1S/C20H23NO3/c1-15(22)12-13-21-20(23)18(16-8-4-3-5-9-16)14-17-10-6-7-11-19(17)24-2/h3-11,14-15,22H,12-13H2,1-2H3,(H,21,23). The maximum Gasteiger partial charge on any atom is 0.251 e. The predicted octanol–water partition coefficient (Wildman–Crippen LogP) is 3.12. The Hall–Kier alpha value is -2.59. The third-order valence-electron chi connectivity index (χ3n) is 3.62. The molecule has 2 rings (SSSR count). The van der Waals surface area contributed by atoms with Crippen molar-refractivity contribution in [3.8, 4) is 5.75 Å². The van der Waals surface area contributed by atoms with Crippen molar-refractivity contribution in [2.24, 2.45) is 0 Å². The maximum absolute atomic E-state index is 12.6. The fourth-order valence-electron chi connectivity index (χ4n) is 2.33. The molecule has 0 fully saturated rings. The topological polar surface area (TPSA) is 58.6 Å². The molecule has 2 N–H and O–H groups in total. The molecule has 24 heavy (non-hydrogen) atoms. The average Bonchev–Trinajstić information content (AvgIpc) is 2.60. The van der Waals surface area contributed by atoms with Crippen LogP contribution in [0.25, 0.3) is 11.6 Å². The zero-order valence-corrected chi connectivity index (χ0v) is 14.0. The van der Waals surface area contributed by atoms with Gasteiger partial charge in [0, 0.05) is 17.7 Å². The minimum Gasteiger partial charge on any atom is -0.496 e. The van der Waals surface area contributed by atoms with E-state index in [1.807, 2.05) is 60.7 Å². The van der Waals surface area contributed by atoms with Crippen LogP contribution >= 0.6 is 0 Å². The highest BCUT2D eigenvalue weighted by Crippen LogP contribution is 2.24. The second-order valence-electron chi connectivity index (χ2n) is 5.56. The highest BCUT2D eigenvalue weighted by atomic mass is 16.5. The molecule has 1 atom stereocenters. The van der Waals surface area contributed by atoms with E-state index in [2.05, 4.69) is 5.32 Å². The summed E-state index contributed by atoms with van der Waals surface area (Å²) in [4.78, 5) is 12.6. The molecule has 4 nitrogen and oxygen atoms in total. The van der Waals surface area contributed by atoms with Gasteiger partial charge < -0.3 is 15.2 Å². The first-order chi connectivity index (χ1) is 11.6. The van der Waals surface area contributed by atoms with E-state index < -0.39 is 6.10 Å². The molecule has 0 bridgehead atoms. The molecule has 0 saturated carbocycles. The first-order valence-corrected chi connectivity index (χ1v) is 7.98. The number of benzene rings is 2. The summed E-state index contributed by atoms with van der Waals surface area (Å²) >= 11 is 0. The summed E-state index contributed by atoms with van der Waals surface area (Å²) in [6.45, 7) is 2.13. The van der Waals surface area contributed by atoms with Crippen LogP contribution in [0.1, 0.15) is 24.5 Å². The van der Waals surface area contributed by atoms with Crippen LogP contribution in [0.4, 0.5) is 0 Å². The Bertz CT molecular complexity index is 693. The fourth-order valence-corrected chi connectivity index (χ4v) is 2.33. The lowest BCUT2D eigenvalue weighted by molar-refractivity contribution is -0.115. The van der Waals surface area contributed by atoms with Crippen LogP contribution < -0.4 is 10.1 Å². The number of para-hydroxylation sites is 1. The van der Waals surface area contributed by atoms with Crippen molar-refractivity contribution < 1.29 is 14.6 Å². The van der Waals surface area contributed by atoms with Gasteiger partial charge in [-0.3, -0.25) is 4.79 Å². The lowest BCUT2D eigenvalue weighted by Crippen LogP contribution is -2.27. The van der Waals surface area contributed by atoms with Crippen LogP contribution in [0.5, 0.6) is 5.75 Å². The molecule has 0 heterocycles. The molecule has 2 aromatic carbocycles. The Morgan fingerprint density at radius 2 is 1.83 bits per heavy atom. The van der Waals surface area contributed by atoms with Gasteiger partial charge >= 0.3 is 0 Å². The van der Waals surface area contributed by atoms with E-state index in [1.54, 1.807) is 14.0 Å². The summed E-state index contributed by atoms with van der Waals surface area (Å²) < 4.78 is 5.37. The van der Waals surface area contributed by atoms with Crippen LogP contribution in [-0.4, -0.2) is 30.8 Å². The Labute approximate surface area is 142 Å². The normalized spacial score (nSPS) is 12.5. The van der Waals surface area contributed by atoms with Crippen molar-refractivity contribution in [1.82, 2.24) is 5.32 Å². The molecule has 4 heteroatoms. The largest absolute Gasteiger partial charge is 0.496 e. The number of carbonyl (C=O) groups excluding carboxylic acids is 1. The van der Waals surface area contributed by atoms with Crippen molar-refractivity contribution in [1.29, 1.82) is 0 Å². The molecule has 2 aromatic rings. The van der Waals surface area contributed by atoms with Crippen LogP contribution in [-0.2, 0) is 4.79 Å². The number of aliphatic hydroxyl groups is 1. The molecule has 0 saturated heterocycles. The van der Waals surface area contributed by atoms with E-state index in [1.165, 1.54) is 0 Å². The summed E-state index contributed by atoms with van der Waals surface area (Å²) in [6.07, 6.45) is 1.90.